The van der Waals surface area contributed by atoms with Crippen molar-refractivity contribution < 1.29 is 18.7 Å². The van der Waals surface area contributed by atoms with Gasteiger partial charge in [0, 0.05) is 33.1 Å². The zero-order chi connectivity index (χ0) is 25.5. The SMILES string of the molecule is O=C1Cc2cc(CCN3C(=O)COC3c3cn(-c4ccc(I)cc4)nc3-c3ccc(F)cc3)ccc2N1. The number of hydrogen-bond acceptors (Lipinski definition) is 4. The quantitative estimate of drug-likeness (QED) is 0.317. The van der Waals surface area contributed by atoms with E-state index in [4.69, 9.17) is 9.84 Å². The topological polar surface area (TPSA) is 76.5 Å². The summed E-state index contributed by atoms with van der Waals surface area (Å²) < 4.78 is 22.5. The second kappa shape index (κ2) is 9.71. The van der Waals surface area contributed by atoms with Gasteiger partial charge in [-0.25, -0.2) is 9.07 Å². The Balaban J connectivity index is 1.32. The Morgan fingerprint density at radius 3 is 2.62 bits per heavy atom. The molecule has 2 amide bonds. The minimum atomic E-state index is -0.622. The molecule has 1 atom stereocenters. The second-order valence-corrected chi connectivity index (χ2v) is 10.3. The normalized spacial score (nSPS) is 16.8. The fourth-order valence-corrected chi connectivity index (χ4v) is 5.13. The van der Waals surface area contributed by atoms with E-state index in [1.54, 1.807) is 21.7 Å². The highest BCUT2D eigenvalue weighted by molar-refractivity contribution is 14.1. The number of anilines is 1. The van der Waals surface area contributed by atoms with Gasteiger partial charge in [-0.3, -0.25) is 9.59 Å². The number of nitrogens with one attached hydrogen (secondary N) is 1. The van der Waals surface area contributed by atoms with Crippen molar-refractivity contribution >= 4 is 40.1 Å². The predicted octanol–water partition coefficient (Wildman–Crippen LogP) is 4.88. The summed E-state index contributed by atoms with van der Waals surface area (Å²) in [6.07, 6.45) is 2.24. The van der Waals surface area contributed by atoms with Crippen LogP contribution in [0.4, 0.5) is 10.1 Å². The molecular weight excluding hydrogens is 586 g/mol. The maximum Gasteiger partial charge on any atom is 0.250 e. The number of amides is 2. The molecule has 37 heavy (non-hydrogen) atoms. The van der Waals surface area contributed by atoms with E-state index < -0.39 is 6.23 Å². The molecule has 1 fully saturated rings. The number of carbonyl (C=O) groups is 2. The predicted molar refractivity (Wildman–Crippen MR) is 145 cm³/mol. The van der Waals surface area contributed by atoms with Crippen LogP contribution in [-0.4, -0.2) is 39.6 Å². The standard InChI is InChI=1S/C28H22FIN4O3/c29-20-4-2-18(3-5-20)27-23(15-34(32-27)22-8-6-21(30)7-9-22)28-33(26(36)16-37-28)12-11-17-1-10-24-19(13-17)14-25(35)31-24/h1-10,13,15,28H,11-12,14,16H2,(H,31,35). The van der Waals surface area contributed by atoms with E-state index >= 15 is 0 Å². The second-order valence-electron chi connectivity index (χ2n) is 9.08. The summed E-state index contributed by atoms with van der Waals surface area (Å²) >= 11 is 2.25. The van der Waals surface area contributed by atoms with Crippen molar-refractivity contribution in [1.29, 1.82) is 0 Å². The van der Waals surface area contributed by atoms with Crippen molar-refractivity contribution in [3.05, 3.63) is 99.0 Å². The van der Waals surface area contributed by atoms with Crippen molar-refractivity contribution in [1.82, 2.24) is 14.7 Å². The number of halogens is 2. The van der Waals surface area contributed by atoms with E-state index in [1.807, 2.05) is 48.7 Å². The van der Waals surface area contributed by atoms with Crippen LogP contribution in [0, 0.1) is 9.39 Å². The van der Waals surface area contributed by atoms with Crippen LogP contribution in [0.3, 0.4) is 0 Å². The lowest BCUT2D eigenvalue weighted by Gasteiger charge is -2.23. The van der Waals surface area contributed by atoms with Crippen molar-refractivity contribution in [3.63, 3.8) is 0 Å². The van der Waals surface area contributed by atoms with Gasteiger partial charge in [0.2, 0.25) is 5.91 Å². The van der Waals surface area contributed by atoms with Crippen LogP contribution in [0.1, 0.15) is 22.9 Å². The first-order valence-corrected chi connectivity index (χ1v) is 13.0. The maximum atomic E-state index is 13.7. The highest BCUT2D eigenvalue weighted by Crippen LogP contribution is 2.35. The Hall–Kier alpha value is -3.57. The Bertz CT molecular complexity index is 1500. The lowest BCUT2D eigenvalue weighted by Crippen LogP contribution is -2.30. The lowest BCUT2D eigenvalue weighted by molar-refractivity contribution is -0.128. The smallest absolute Gasteiger partial charge is 0.250 e. The molecule has 7 nitrogen and oxygen atoms in total. The number of nitrogens with zero attached hydrogens (tertiary/aromatic N) is 3. The Kier molecular flexibility index (Phi) is 6.25. The third-order valence-electron chi connectivity index (χ3n) is 6.62. The molecule has 1 N–H and O–H groups in total. The molecule has 186 valence electrons. The van der Waals surface area contributed by atoms with Crippen LogP contribution in [-0.2, 0) is 27.2 Å². The molecule has 0 bridgehead atoms. The third kappa shape index (κ3) is 4.76. The minimum Gasteiger partial charge on any atom is -0.344 e. The van der Waals surface area contributed by atoms with Crippen LogP contribution in [0.25, 0.3) is 16.9 Å². The third-order valence-corrected chi connectivity index (χ3v) is 7.34. The highest BCUT2D eigenvalue weighted by Gasteiger charge is 2.36. The summed E-state index contributed by atoms with van der Waals surface area (Å²) in [4.78, 5) is 26.3. The molecule has 2 aliphatic rings. The van der Waals surface area contributed by atoms with E-state index in [0.717, 1.165) is 37.2 Å². The van der Waals surface area contributed by atoms with Gasteiger partial charge < -0.3 is 15.0 Å². The van der Waals surface area contributed by atoms with E-state index in [0.29, 0.717) is 25.1 Å². The molecule has 1 unspecified atom stereocenters. The Labute approximate surface area is 226 Å². The van der Waals surface area contributed by atoms with Crippen molar-refractivity contribution in [3.8, 4) is 16.9 Å². The fourth-order valence-electron chi connectivity index (χ4n) is 4.77. The van der Waals surface area contributed by atoms with Crippen LogP contribution in [0.15, 0.2) is 72.9 Å². The monoisotopic (exact) mass is 608 g/mol. The first kappa shape index (κ1) is 23.8. The van der Waals surface area contributed by atoms with Crippen LogP contribution < -0.4 is 5.32 Å². The van der Waals surface area contributed by atoms with Gasteiger partial charge in [-0.05, 0) is 94.7 Å². The first-order chi connectivity index (χ1) is 17.9. The number of rotatable bonds is 6. The average molecular weight is 608 g/mol. The Morgan fingerprint density at radius 2 is 1.84 bits per heavy atom. The number of ether oxygens (including phenoxy) is 1. The molecule has 1 saturated heterocycles. The molecule has 9 heteroatoms. The van der Waals surface area contributed by atoms with Gasteiger partial charge in [-0.2, -0.15) is 5.10 Å². The van der Waals surface area contributed by atoms with Gasteiger partial charge in [-0.15, -0.1) is 0 Å². The molecule has 3 aromatic carbocycles. The van der Waals surface area contributed by atoms with E-state index in [-0.39, 0.29) is 24.2 Å². The van der Waals surface area contributed by atoms with Crippen LogP contribution in [0.5, 0.6) is 0 Å². The van der Waals surface area contributed by atoms with Gasteiger partial charge in [0.15, 0.2) is 6.23 Å². The molecule has 0 aliphatic carbocycles. The lowest BCUT2D eigenvalue weighted by atomic mass is 10.0. The van der Waals surface area contributed by atoms with Crippen molar-refractivity contribution in [2.75, 3.05) is 18.5 Å². The molecule has 4 aromatic rings. The number of aromatic nitrogens is 2. The molecule has 6 rings (SSSR count). The van der Waals surface area contributed by atoms with Crippen LogP contribution in [0.2, 0.25) is 0 Å². The maximum absolute atomic E-state index is 13.7. The minimum absolute atomic E-state index is 0.00574. The number of benzene rings is 3. The fraction of sp³-hybridized carbons (Fsp3) is 0.179. The summed E-state index contributed by atoms with van der Waals surface area (Å²) in [5, 5.41) is 7.66. The van der Waals surface area contributed by atoms with Gasteiger partial charge in [0.05, 0.1) is 12.1 Å². The van der Waals surface area contributed by atoms with E-state index in [9.17, 15) is 14.0 Å². The summed E-state index contributed by atoms with van der Waals surface area (Å²) in [6, 6.07) is 20.0. The largest absolute Gasteiger partial charge is 0.344 e. The van der Waals surface area contributed by atoms with E-state index in [1.165, 1.54) is 12.1 Å². The summed E-state index contributed by atoms with van der Waals surface area (Å²) in [6.45, 7) is 0.423. The number of fused-ring (bicyclic) bond motifs is 1. The molecule has 0 radical (unpaired) electrons. The van der Waals surface area contributed by atoms with Crippen molar-refractivity contribution in [2.45, 2.75) is 19.1 Å². The number of carbonyl (C=O) groups excluding carboxylic acids is 2. The zero-order valence-corrected chi connectivity index (χ0v) is 21.8. The molecular formula is C28H22FIN4O3. The molecule has 0 spiro atoms. The zero-order valence-electron chi connectivity index (χ0n) is 19.7. The molecule has 2 aliphatic heterocycles. The van der Waals surface area contributed by atoms with E-state index in [2.05, 4.69) is 27.9 Å². The average Bonchev–Trinajstić information content (AvgIpc) is 3.59. The van der Waals surface area contributed by atoms with Gasteiger partial charge in [0.25, 0.3) is 5.91 Å². The van der Waals surface area contributed by atoms with Crippen molar-refractivity contribution in [2.24, 2.45) is 0 Å². The summed E-state index contributed by atoms with van der Waals surface area (Å²) in [5.41, 5.74) is 5.83. The first-order valence-electron chi connectivity index (χ1n) is 11.9. The summed E-state index contributed by atoms with van der Waals surface area (Å²) in [7, 11) is 0. The van der Waals surface area contributed by atoms with Gasteiger partial charge in [0.1, 0.15) is 18.1 Å². The summed E-state index contributed by atoms with van der Waals surface area (Å²) in [5.74, 6) is -0.439. The van der Waals surface area contributed by atoms with Gasteiger partial charge in [-0.1, -0.05) is 12.1 Å². The Morgan fingerprint density at radius 1 is 1.05 bits per heavy atom. The van der Waals surface area contributed by atoms with Gasteiger partial charge >= 0.3 is 0 Å². The van der Waals surface area contributed by atoms with Crippen LogP contribution >= 0.6 is 22.6 Å². The molecule has 1 aromatic heterocycles. The molecule has 3 heterocycles. The molecule has 0 saturated carbocycles. The number of hydrogen-bond donors (Lipinski definition) is 1. The highest BCUT2D eigenvalue weighted by atomic mass is 127.